The number of aliphatic hydroxyl groups is 1. The highest BCUT2D eigenvalue weighted by atomic mass is 16.7. The first-order valence-corrected chi connectivity index (χ1v) is 9.49. The Bertz CT molecular complexity index is 713. The van der Waals surface area contributed by atoms with Gasteiger partial charge < -0.3 is 24.6 Å². The molecule has 1 amide bonds. The number of carbonyl (C=O) groups excluding carboxylic acids is 3. The van der Waals surface area contributed by atoms with E-state index in [1.807, 2.05) is 0 Å². The fourth-order valence-electron chi connectivity index (χ4n) is 2.35. The number of methoxy groups -OCH3 is 1. The molecule has 1 rings (SSSR count). The third kappa shape index (κ3) is 10.3. The Kier molecular flexibility index (Phi) is 11.1. The van der Waals surface area contributed by atoms with Gasteiger partial charge in [0.05, 0.1) is 7.11 Å². The molecule has 0 heterocycles. The molecule has 8 heteroatoms. The molecule has 0 spiro atoms. The van der Waals surface area contributed by atoms with Gasteiger partial charge in [-0.15, -0.1) is 0 Å². The van der Waals surface area contributed by atoms with E-state index in [0.29, 0.717) is 18.9 Å². The van der Waals surface area contributed by atoms with E-state index < -0.39 is 18.7 Å². The van der Waals surface area contributed by atoms with E-state index in [0.717, 1.165) is 24.8 Å². The number of allylic oxidation sites excluding steroid dienone is 2. The average Bonchev–Trinajstić information content (AvgIpc) is 2.69. The zero-order chi connectivity index (χ0) is 21.6. The second-order valence-electron chi connectivity index (χ2n) is 6.66. The summed E-state index contributed by atoms with van der Waals surface area (Å²) in [5.74, 6) is -0.330. The predicted molar refractivity (Wildman–Crippen MR) is 106 cm³/mol. The number of amides is 1. The molecule has 0 unspecified atom stereocenters. The third-order valence-electron chi connectivity index (χ3n) is 3.78. The molecule has 0 atom stereocenters. The average molecular weight is 407 g/mol. The van der Waals surface area contributed by atoms with Gasteiger partial charge in [-0.2, -0.15) is 0 Å². The number of carbonyl (C=O) groups is 3. The molecular formula is C21H29NO7. The summed E-state index contributed by atoms with van der Waals surface area (Å²) >= 11 is 0. The van der Waals surface area contributed by atoms with Gasteiger partial charge in [0.25, 0.3) is 0 Å². The van der Waals surface area contributed by atoms with Crippen molar-refractivity contribution >= 4 is 18.0 Å². The lowest BCUT2D eigenvalue weighted by Crippen LogP contribution is -2.22. The summed E-state index contributed by atoms with van der Waals surface area (Å²) in [5.41, 5.74) is 0.752. The van der Waals surface area contributed by atoms with Gasteiger partial charge in [0.15, 0.2) is 11.5 Å². The molecule has 8 nitrogen and oxygen atoms in total. The summed E-state index contributed by atoms with van der Waals surface area (Å²) in [6.07, 6.45) is 6.24. The molecule has 0 saturated heterocycles. The van der Waals surface area contributed by atoms with E-state index in [1.165, 1.54) is 13.2 Å². The van der Waals surface area contributed by atoms with Gasteiger partial charge in [-0.1, -0.05) is 32.1 Å². The van der Waals surface area contributed by atoms with Crippen LogP contribution in [0, 0.1) is 5.92 Å². The van der Waals surface area contributed by atoms with Crippen LogP contribution in [0.2, 0.25) is 0 Å². The Hall–Kier alpha value is -2.87. The van der Waals surface area contributed by atoms with Crippen LogP contribution in [0.1, 0.15) is 45.1 Å². The van der Waals surface area contributed by atoms with Crippen LogP contribution in [-0.4, -0.2) is 36.9 Å². The van der Waals surface area contributed by atoms with Gasteiger partial charge in [0.2, 0.25) is 5.91 Å². The number of aliphatic hydroxyl groups excluding tert-OH is 1. The van der Waals surface area contributed by atoms with Crippen molar-refractivity contribution in [2.75, 3.05) is 13.7 Å². The van der Waals surface area contributed by atoms with Crippen LogP contribution < -0.4 is 14.8 Å². The van der Waals surface area contributed by atoms with Crippen LogP contribution in [0.3, 0.4) is 0 Å². The van der Waals surface area contributed by atoms with Crippen molar-refractivity contribution in [3.05, 3.63) is 35.9 Å². The van der Waals surface area contributed by atoms with Crippen molar-refractivity contribution in [2.24, 2.45) is 5.92 Å². The van der Waals surface area contributed by atoms with Gasteiger partial charge in [-0.25, -0.2) is 9.59 Å². The molecule has 0 aliphatic heterocycles. The van der Waals surface area contributed by atoms with Gasteiger partial charge in [-0.3, -0.25) is 4.79 Å². The number of ether oxygens (including phenoxy) is 3. The molecule has 0 aromatic heterocycles. The van der Waals surface area contributed by atoms with E-state index in [2.05, 4.69) is 36.1 Å². The summed E-state index contributed by atoms with van der Waals surface area (Å²) in [6, 6.07) is 4.72. The number of hydrogen-bond donors (Lipinski definition) is 2. The summed E-state index contributed by atoms with van der Waals surface area (Å²) in [4.78, 5) is 34.3. The fourth-order valence-corrected chi connectivity index (χ4v) is 2.35. The maximum Gasteiger partial charge on any atom is 0.521 e. The summed E-state index contributed by atoms with van der Waals surface area (Å²) in [7, 11) is 1.39. The second kappa shape index (κ2) is 13.3. The minimum absolute atomic E-state index is 0.0387. The van der Waals surface area contributed by atoms with Crippen LogP contribution in [0.15, 0.2) is 30.4 Å². The molecule has 1 aromatic carbocycles. The lowest BCUT2D eigenvalue weighted by molar-refractivity contribution is -0.141. The topological polar surface area (TPSA) is 111 Å². The van der Waals surface area contributed by atoms with Crippen LogP contribution in [0.25, 0.3) is 0 Å². The van der Waals surface area contributed by atoms with E-state index in [1.54, 1.807) is 12.1 Å². The normalized spacial score (nSPS) is 10.8. The number of esters is 1. The first kappa shape index (κ1) is 24.2. The minimum Gasteiger partial charge on any atom is -0.493 e. The Morgan fingerprint density at radius 1 is 1.17 bits per heavy atom. The largest absolute Gasteiger partial charge is 0.521 e. The van der Waals surface area contributed by atoms with Crippen LogP contribution in [0.4, 0.5) is 4.79 Å². The van der Waals surface area contributed by atoms with Crippen LogP contribution >= 0.6 is 0 Å². The van der Waals surface area contributed by atoms with Crippen LogP contribution in [-0.2, 0) is 20.9 Å². The molecular weight excluding hydrogens is 378 g/mol. The first-order valence-electron chi connectivity index (χ1n) is 9.49. The Labute approximate surface area is 170 Å². The van der Waals surface area contributed by atoms with E-state index >= 15 is 0 Å². The van der Waals surface area contributed by atoms with Crippen molar-refractivity contribution in [3.8, 4) is 11.5 Å². The lowest BCUT2D eigenvalue weighted by Gasteiger charge is -2.11. The second-order valence-corrected chi connectivity index (χ2v) is 6.66. The molecule has 0 aliphatic carbocycles. The quantitative estimate of drug-likeness (QED) is 0.191. The highest BCUT2D eigenvalue weighted by Gasteiger charge is 2.15. The molecule has 2 N–H and O–H groups in total. The number of rotatable bonds is 11. The fraction of sp³-hybridized carbons (Fsp3) is 0.476. The van der Waals surface area contributed by atoms with E-state index in [-0.39, 0.29) is 17.4 Å². The van der Waals surface area contributed by atoms with Crippen molar-refractivity contribution < 1.29 is 33.7 Å². The standard InChI is InChI=1S/C21H29NO7/c1-15(2)8-6-4-5-7-9-19(24)22-13-16-10-11-17(18(12-16)27-3)28-21(26)29-20(25)14-23/h6,8,10-12,15,23H,4-5,7,9,13-14H2,1-3H3,(H,22,24)/b8-6+. The molecule has 0 saturated carbocycles. The van der Waals surface area contributed by atoms with Crippen molar-refractivity contribution in [2.45, 2.75) is 46.1 Å². The molecule has 0 fully saturated rings. The Morgan fingerprint density at radius 3 is 2.59 bits per heavy atom. The molecule has 0 aliphatic rings. The maximum atomic E-state index is 12.0. The number of benzene rings is 1. The van der Waals surface area contributed by atoms with Gasteiger partial charge in [-0.05, 0) is 42.9 Å². The first-order chi connectivity index (χ1) is 13.8. The lowest BCUT2D eigenvalue weighted by atomic mass is 10.1. The maximum absolute atomic E-state index is 12.0. The Morgan fingerprint density at radius 2 is 1.93 bits per heavy atom. The molecule has 160 valence electrons. The Balaban J connectivity index is 2.45. The minimum atomic E-state index is -1.27. The number of nitrogens with one attached hydrogen (secondary N) is 1. The van der Waals surface area contributed by atoms with Crippen molar-refractivity contribution in [1.29, 1.82) is 0 Å². The van der Waals surface area contributed by atoms with Gasteiger partial charge >= 0.3 is 12.1 Å². The van der Waals surface area contributed by atoms with Gasteiger partial charge in [0, 0.05) is 13.0 Å². The summed E-state index contributed by atoms with van der Waals surface area (Å²) in [6.45, 7) is 3.62. The van der Waals surface area contributed by atoms with Crippen molar-refractivity contribution in [3.63, 3.8) is 0 Å². The van der Waals surface area contributed by atoms with Gasteiger partial charge in [0.1, 0.15) is 6.61 Å². The molecule has 0 bridgehead atoms. The predicted octanol–water partition coefficient (Wildman–Crippen LogP) is 3.12. The molecule has 29 heavy (non-hydrogen) atoms. The van der Waals surface area contributed by atoms with Crippen LogP contribution in [0.5, 0.6) is 11.5 Å². The number of unbranched alkanes of at least 4 members (excludes halogenated alkanes) is 2. The SMILES string of the molecule is COc1cc(CNC(=O)CCCC/C=C/C(C)C)ccc1OC(=O)OC(=O)CO. The van der Waals surface area contributed by atoms with E-state index in [4.69, 9.17) is 14.6 Å². The highest BCUT2D eigenvalue weighted by Crippen LogP contribution is 2.28. The highest BCUT2D eigenvalue weighted by molar-refractivity contribution is 5.83. The van der Waals surface area contributed by atoms with Crippen molar-refractivity contribution in [1.82, 2.24) is 5.32 Å². The monoisotopic (exact) mass is 407 g/mol. The number of hydrogen-bond acceptors (Lipinski definition) is 7. The zero-order valence-corrected chi connectivity index (χ0v) is 17.1. The summed E-state index contributed by atoms with van der Waals surface area (Å²) in [5, 5.41) is 11.4. The third-order valence-corrected chi connectivity index (χ3v) is 3.78. The summed E-state index contributed by atoms with van der Waals surface area (Å²) < 4.78 is 14.3. The van der Waals surface area contributed by atoms with E-state index in [9.17, 15) is 14.4 Å². The molecule has 1 aromatic rings. The smallest absolute Gasteiger partial charge is 0.493 e. The molecule has 0 radical (unpaired) electrons. The zero-order valence-electron chi connectivity index (χ0n) is 17.1.